The molecular weight excluding hydrogens is 362 g/mol. The molecule has 1 unspecified atom stereocenters. The molecule has 5 heteroatoms. The van der Waals surface area contributed by atoms with Gasteiger partial charge in [0.25, 0.3) is 0 Å². The van der Waals surface area contributed by atoms with Crippen LogP contribution in [0.1, 0.15) is 40.7 Å². The van der Waals surface area contributed by atoms with E-state index in [0.29, 0.717) is 0 Å². The van der Waals surface area contributed by atoms with E-state index in [0.717, 1.165) is 41.4 Å². The Morgan fingerprint density at radius 3 is 2.83 bits per heavy atom. The minimum absolute atomic E-state index is 0.0872. The van der Waals surface area contributed by atoms with Crippen molar-refractivity contribution in [3.05, 3.63) is 82.9 Å². The number of rotatable bonds is 5. The Balaban J connectivity index is 1.48. The first-order chi connectivity index (χ1) is 14.0. The van der Waals surface area contributed by atoms with E-state index in [1.54, 1.807) is 13.2 Å². The van der Waals surface area contributed by atoms with Crippen molar-refractivity contribution in [1.82, 2.24) is 14.9 Å². The molecule has 1 amide bonds. The third kappa shape index (κ3) is 3.94. The van der Waals surface area contributed by atoms with E-state index < -0.39 is 0 Å². The molecule has 1 N–H and O–H groups in total. The lowest BCUT2D eigenvalue weighted by molar-refractivity contribution is -0.117. The number of nitrogens with one attached hydrogen (secondary N) is 1. The number of carbonyl (C=O) groups is 1. The second-order valence-corrected chi connectivity index (χ2v) is 7.36. The Morgan fingerprint density at radius 2 is 2.07 bits per heavy atom. The van der Waals surface area contributed by atoms with Crippen LogP contribution in [0.2, 0.25) is 0 Å². The lowest BCUT2D eigenvalue weighted by Crippen LogP contribution is -2.25. The summed E-state index contributed by atoms with van der Waals surface area (Å²) >= 11 is 0. The molecule has 1 atom stereocenters. The molecule has 1 heterocycles. The van der Waals surface area contributed by atoms with Gasteiger partial charge in [0.1, 0.15) is 11.6 Å². The van der Waals surface area contributed by atoms with Gasteiger partial charge in [-0.15, -0.1) is 0 Å². The van der Waals surface area contributed by atoms with E-state index >= 15 is 0 Å². The molecule has 1 aliphatic rings. The number of imidazole rings is 1. The Labute approximate surface area is 171 Å². The zero-order valence-electron chi connectivity index (χ0n) is 17.0. The molecule has 0 spiro atoms. The number of carbonyl (C=O) groups excluding carboxylic acids is 1. The van der Waals surface area contributed by atoms with Crippen molar-refractivity contribution in [2.24, 2.45) is 0 Å². The molecule has 3 aromatic rings. The number of hydrogen-bond donors (Lipinski definition) is 1. The summed E-state index contributed by atoms with van der Waals surface area (Å²) in [7, 11) is 1.65. The molecule has 1 aliphatic carbocycles. The van der Waals surface area contributed by atoms with Crippen molar-refractivity contribution in [3.63, 3.8) is 0 Å². The second kappa shape index (κ2) is 7.95. The number of aryl methyl sites for hydroxylation is 3. The highest BCUT2D eigenvalue weighted by Crippen LogP contribution is 2.30. The molecule has 148 valence electrons. The van der Waals surface area contributed by atoms with Gasteiger partial charge in [0.15, 0.2) is 0 Å². The largest absolute Gasteiger partial charge is 0.495 e. The van der Waals surface area contributed by atoms with Gasteiger partial charge < -0.3 is 14.6 Å². The van der Waals surface area contributed by atoms with Gasteiger partial charge in [-0.05, 0) is 61.6 Å². The molecule has 4 rings (SSSR count). The highest BCUT2D eigenvalue weighted by molar-refractivity contribution is 5.92. The van der Waals surface area contributed by atoms with Crippen molar-refractivity contribution < 1.29 is 9.53 Å². The average molecular weight is 387 g/mol. The maximum atomic E-state index is 12.4. The van der Waals surface area contributed by atoms with Crippen LogP contribution >= 0.6 is 0 Å². The van der Waals surface area contributed by atoms with Crippen LogP contribution in [0, 0.1) is 13.8 Å². The molecule has 0 saturated carbocycles. The first-order valence-corrected chi connectivity index (χ1v) is 9.82. The zero-order valence-corrected chi connectivity index (χ0v) is 17.0. The monoisotopic (exact) mass is 387 g/mol. The lowest BCUT2D eigenvalue weighted by Gasteiger charge is -2.13. The minimum atomic E-state index is -0.0872. The summed E-state index contributed by atoms with van der Waals surface area (Å²) < 4.78 is 7.58. The molecule has 29 heavy (non-hydrogen) atoms. The van der Waals surface area contributed by atoms with Crippen LogP contribution in [0.3, 0.4) is 0 Å². The number of aromatic nitrogens is 2. The maximum absolute atomic E-state index is 12.4. The van der Waals surface area contributed by atoms with Crippen molar-refractivity contribution in [2.45, 2.75) is 32.7 Å². The quantitative estimate of drug-likeness (QED) is 0.664. The van der Waals surface area contributed by atoms with Gasteiger partial charge in [-0.2, -0.15) is 0 Å². The third-order valence-electron chi connectivity index (χ3n) is 5.34. The number of ether oxygens (including phenoxy) is 1. The SMILES string of the molecule is COc1cc(C=CC(=O)NC2CCc3ccccc32)ccc1-n1cc(C)nc1C. The third-order valence-corrected chi connectivity index (χ3v) is 5.34. The fourth-order valence-corrected chi connectivity index (χ4v) is 3.96. The van der Waals surface area contributed by atoms with Gasteiger partial charge >= 0.3 is 0 Å². The molecule has 0 radical (unpaired) electrons. The van der Waals surface area contributed by atoms with Crippen molar-refractivity contribution in [3.8, 4) is 11.4 Å². The van der Waals surface area contributed by atoms with Gasteiger partial charge in [-0.3, -0.25) is 4.79 Å². The molecule has 5 nitrogen and oxygen atoms in total. The van der Waals surface area contributed by atoms with Crippen LogP contribution in [-0.2, 0) is 11.2 Å². The first-order valence-electron chi connectivity index (χ1n) is 9.82. The first kappa shape index (κ1) is 19.0. The Hall–Kier alpha value is -3.34. The molecule has 0 fully saturated rings. The number of hydrogen-bond acceptors (Lipinski definition) is 3. The van der Waals surface area contributed by atoms with E-state index in [-0.39, 0.29) is 11.9 Å². The van der Waals surface area contributed by atoms with Crippen LogP contribution in [0.15, 0.2) is 54.7 Å². The predicted octanol–water partition coefficient (Wildman–Crippen LogP) is 4.31. The molecule has 0 aliphatic heterocycles. The predicted molar refractivity (Wildman–Crippen MR) is 114 cm³/mol. The van der Waals surface area contributed by atoms with Gasteiger partial charge in [0, 0.05) is 12.3 Å². The normalized spacial score (nSPS) is 15.5. The lowest BCUT2D eigenvalue weighted by atomic mass is 10.1. The smallest absolute Gasteiger partial charge is 0.244 e. The zero-order chi connectivity index (χ0) is 20.4. The number of fused-ring (bicyclic) bond motifs is 1. The summed E-state index contributed by atoms with van der Waals surface area (Å²) in [6.45, 7) is 3.93. The van der Waals surface area contributed by atoms with Gasteiger partial charge in [0.2, 0.25) is 5.91 Å². The maximum Gasteiger partial charge on any atom is 0.244 e. The summed E-state index contributed by atoms with van der Waals surface area (Å²) in [5, 5.41) is 3.11. The summed E-state index contributed by atoms with van der Waals surface area (Å²) in [5.74, 6) is 1.55. The van der Waals surface area contributed by atoms with Crippen LogP contribution in [0.5, 0.6) is 5.75 Å². The highest BCUT2D eigenvalue weighted by Gasteiger charge is 2.22. The van der Waals surface area contributed by atoms with Gasteiger partial charge in [-0.25, -0.2) is 4.98 Å². The number of amides is 1. The summed E-state index contributed by atoms with van der Waals surface area (Å²) in [4.78, 5) is 16.9. The van der Waals surface area contributed by atoms with Gasteiger partial charge in [0.05, 0.1) is 24.5 Å². The molecule has 0 bridgehead atoms. The standard InChI is InChI=1S/C24H25N3O2/c1-16-15-27(17(2)25-16)22-12-8-18(14-23(22)29-3)9-13-24(28)26-21-11-10-19-6-4-5-7-20(19)21/h4-9,12-15,21H,10-11H2,1-3H3,(H,26,28). The van der Waals surface area contributed by atoms with E-state index in [2.05, 4.69) is 22.4 Å². The molecule has 2 aromatic carbocycles. The van der Waals surface area contributed by atoms with Gasteiger partial charge in [-0.1, -0.05) is 30.3 Å². The van der Waals surface area contributed by atoms with E-state index in [1.165, 1.54) is 11.1 Å². The molecular formula is C24H25N3O2. The summed E-state index contributed by atoms with van der Waals surface area (Å²) in [6, 6.07) is 14.3. The van der Waals surface area contributed by atoms with Crippen LogP contribution in [0.25, 0.3) is 11.8 Å². The minimum Gasteiger partial charge on any atom is -0.495 e. The summed E-state index contributed by atoms with van der Waals surface area (Å²) in [5.41, 5.74) is 5.34. The van der Waals surface area contributed by atoms with Crippen LogP contribution in [-0.4, -0.2) is 22.6 Å². The fraction of sp³-hybridized carbons (Fsp3) is 0.250. The highest BCUT2D eigenvalue weighted by atomic mass is 16.5. The second-order valence-electron chi connectivity index (χ2n) is 7.36. The van der Waals surface area contributed by atoms with Crippen LogP contribution in [0.4, 0.5) is 0 Å². The topological polar surface area (TPSA) is 56.1 Å². The number of methoxy groups -OCH3 is 1. The summed E-state index contributed by atoms with van der Waals surface area (Å²) in [6.07, 6.45) is 7.34. The van der Waals surface area contributed by atoms with E-state index in [4.69, 9.17) is 4.74 Å². The Kier molecular flexibility index (Phi) is 5.21. The number of benzene rings is 2. The van der Waals surface area contributed by atoms with Crippen molar-refractivity contribution in [1.29, 1.82) is 0 Å². The Bertz CT molecular complexity index is 1080. The average Bonchev–Trinajstić information content (AvgIpc) is 3.28. The van der Waals surface area contributed by atoms with Crippen LogP contribution < -0.4 is 10.1 Å². The van der Waals surface area contributed by atoms with Crippen molar-refractivity contribution >= 4 is 12.0 Å². The molecule has 0 saturated heterocycles. The number of nitrogens with zero attached hydrogens (tertiary/aromatic N) is 2. The van der Waals surface area contributed by atoms with Crippen molar-refractivity contribution in [2.75, 3.05) is 7.11 Å². The fourth-order valence-electron chi connectivity index (χ4n) is 3.96. The van der Waals surface area contributed by atoms with E-state index in [1.807, 2.05) is 61.0 Å². The molecule has 1 aromatic heterocycles. The Morgan fingerprint density at radius 1 is 1.24 bits per heavy atom. The van der Waals surface area contributed by atoms with E-state index in [9.17, 15) is 4.79 Å².